The lowest BCUT2D eigenvalue weighted by atomic mass is 10.2. The number of aromatic nitrogens is 7. The van der Waals surface area contributed by atoms with Crippen LogP contribution in [0.2, 0.25) is 5.02 Å². The summed E-state index contributed by atoms with van der Waals surface area (Å²) < 4.78 is 54.7. The fourth-order valence-corrected chi connectivity index (χ4v) is 3.94. The molecule has 0 atom stereocenters. The molecule has 0 radical (unpaired) electrons. The van der Waals surface area contributed by atoms with Crippen LogP contribution in [0.3, 0.4) is 0 Å². The van der Waals surface area contributed by atoms with Crippen LogP contribution in [0.25, 0.3) is 16.7 Å². The van der Waals surface area contributed by atoms with E-state index in [0.717, 1.165) is 4.57 Å². The topological polar surface area (TPSA) is 134 Å². The third-order valence-corrected chi connectivity index (χ3v) is 5.83. The van der Waals surface area contributed by atoms with Gasteiger partial charge in [-0.05, 0) is 6.07 Å². The Bertz CT molecular complexity index is 1730. The number of nitrogens with one attached hydrogen (secondary N) is 1. The van der Waals surface area contributed by atoms with E-state index in [1.54, 1.807) is 7.05 Å². The van der Waals surface area contributed by atoms with Gasteiger partial charge in [0, 0.05) is 20.3 Å². The highest BCUT2D eigenvalue weighted by Crippen LogP contribution is 2.37. The van der Waals surface area contributed by atoms with E-state index in [0.29, 0.717) is 29.0 Å². The van der Waals surface area contributed by atoms with Crippen molar-refractivity contribution in [3.63, 3.8) is 0 Å². The Balaban J connectivity index is 1.48. The van der Waals surface area contributed by atoms with Crippen molar-refractivity contribution in [1.29, 1.82) is 0 Å². The smallest absolute Gasteiger partial charge is 0.417 e. The van der Waals surface area contributed by atoms with Crippen LogP contribution in [0, 0.1) is 0 Å². The SMILES string of the molecule is Cn1cc(C(F)(F)F)cc(Nc2nc3ncc(Oc4cnn5cc(OCCO)ncc45)c(Cl)c3n2C)c1=O. The number of alkyl halides is 3. The summed E-state index contributed by atoms with van der Waals surface area (Å²) in [6.45, 7) is -0.0860. The Kier molecular flexibility index (Phi) is 6.32. The lowest BCUT2D eigenvalue weighted by Gasteiger charge is -2.12. The number of halogens is 4. The molecule has 0 aromatic carbocycles. The lowest BCUT2D eigenvalue weighted by molar-refractivity contribution is -0.138. The molecule has 0 saturated heterocycles. The summed E-state index contributed by atoms with van der Waals surface area (Å²) in [5, 5.41) is 15.8. The van der Waals surface area contributed by atoms with E-state index in [1.807, 2.05) is 0 Å². The highest BCUT2D eigenvalue weighted by Gasteiger charge is 2.32. The number of fused-ring (bicyclic) bond motifs is 2. The first-order valence-electron chi connectivity index (χ1n) is 10.9. The van der Waals surface area contributed by atoms with E-state index in [2.05, 4.69) is 25.4 Å². The van der Waals surface area contributed by atoms with Crippen LogP contribution in [-0.2, 0) is 20.3 Å². The molecule has 5 heterocycles. The van der Waals surface area contributed by atoms with Gasteiger partial charge in [-0.15, -0.1) is 0 Å². The Morgan fingerprint density at radius 1 is 1.13 bits per heavy atom. The fraction of sp³-hybridized carbons (Fsp3) is 0.227. The molecule has 12 nitrogen and oxygen atoms in total. The lowest BCUT2D eigenvalue weighted by Crippen LogP contribution is -2.23. The number of hydrogen-bond acceptors (Lipinski definition) is 9. The highest BCUT2D eigenvalue weighted by atomic mass is 35.5. The van der Waals surface area contributed by atoms with Crippen molar-refractivity contribution >= 4 is 39.9 Å². The molecule has 0 fully saturated rings. The van der Waals surface area contributed by atoms with Gasteiger partial charge in [-0.2, -0.15) is 23.3 Å². The molecule has 0 amide bonds. The van der Waals surface area contributed by atoms with Gasteiger partial charge in [-0.1, -0.05) is 11.6 Å². The summed E-state index contributed by atoms with van der Waals surface area (Å²) >= 11 is 6.60. The zero-order chi connectivity index (χ0) is 27.2. The van der Waals surface area contributed by atoms with Crippen LogP contribution >= 0.6 is 11.6 Å². The first kappa shape index (κ1) is 25.3. The minimum atomic E-state index is -4.65. The predicted octanol–water partition coefficient (Wildman–Crippen LogP) is 3.29. The molecule has 0 bridgehead atoms. The van der Waals surface area contributed by atoms with Crippen LogP contribution in [0.15, 0.2) is 41.8 Å². The van der Waals surface area contributed by atoms with E-state index in [9.17, 15) is 18.0 Å². The Morgan fingerprint density at radius 3 is 2.66 bits per heavy atom. The Hall–Kier alpha value is -4.37. The van der Waals surface area contributed by atoms with E-state index in [4.69, 9.17) is 26.2 Å². The number of imidazole rings is 1. The number of aliphatic hydroxyl groups excluding tert-OH is 1. The van der Waals surface area contributed by atoms with Gasteiger partial charge in [0.05, 0.1) is 37.0 Å². The molecule has 5 aromatic rings. The number of rotatable bonds is 7. The van der Waals surface area contributed by atoms with Gasteiger partial charge in [0.15, 0.2) is 17.1 Å². The summed E-state index contributed by atoms with van der Waals surface area (Å²) in [6, 6.07) is 0.713. The number of ether oxygens (including phenoxy) is 2. The molecule has 2 N–H and O–H groups in total. The van der Waals surface area contributed by atoms with Gasteiger partial charge < -0.3 is 29.0 Å². The first-order chi connectivity index (χ1) is 18.1. The van der Waals surface area contributed by atoms with Crippen molar-refractivity contribution in [3.05, 3.63) is 58.0 Å². The fourth-order valence-electron chi connectivity index (χ4n) is 3.64. The average molecular weight is 551 g/mol. The summed E-state index contributed by atoms with van der Waals surface area (Å²) in [4.78, 5) is 25.1. The van der Waals surface area contributed by atoms with Crippen molar-refractivity contribution < 1.29 is 27.8 Å². The van der Waals surface area contributed by atoms with E-state index in [1.165, 1.54) is 40.9 Å². The second kappa shape index (κ2) is 9.50. The number of aliphatic hydroxyl groups is 1. The predicted molar refractivity (Wildman–Crippen MR) is 129 cm³/mol. The molecule has 198 valence electrons. The second-order valence-electron chi connectivity index (χ2n) is 8.02. The average Bonchev–Trinajstić information content (AvgIpc) is 3.42. The van der Waals surface area contributed by atoms with Crippen LogP contribution in [-0.4, -0.2) is 52.0 Å². The van der Waals surface area contributed by atoms with Crippen molar-refractivity contribution in [3.8, 4) is 17.4 Å². The van der Waals surface area contributed by atoms with Crippen LogP contribution in [0.5, 0.6) is 17.4 Å². The molecule has 0 aliphatic carbocycles. The number of anilines is 2. The summed E-state index contributed by atoms with van der Waals surface area (Å²) in [6.07, 6.45) is 1.82. The van der Waals surface area contributed by atoms with E-state index >= 15 is 0 Å². The normalized spacial score (nSPS) is 11.9. The van der Waals surface area contributed by atoms with Crippen molar-refractivity contribution in [2.45, 2.75) is 6.18 Å². The minimum absolute atomic E-state index is 0.0403. The van der Waals surface area contributed by atoms with Crippen molar-refractivity contribution in [2.75, 3.05) is 18.5 Å². The molecule has 38 heavy (non-hydrogen) atoms. The van der Waals surface area contributed by atoms with Gasteiger partial charge in [-0.25, -0.2) is 14.5 Å². The van der Waals surface area contributed by atoms with Crippen molar-refractivity contribution in [1.82, 2.24) is 33.7 Å². The first-order valence-corrected chi connectivity index (χ1v) is 11.3. The zero-order valence-corrected chi connectivity index (χ0v) is 20.4. The Labute approximate surface area is 215 Å². The summed E-state index contributed by atoms with van der Waals surface area (Å²) in [5.74, 6) is 0.757. The Morgan fingerprint density at radius 2 is 1.92 bits per heavy atom. The number of hydrogen-bond donors (Lipinski definition) is 2. The van der Waals surface area contributed by atoms with E-state index in [-0.39, 0.29) is 47.1 Å². The second-order valence-corrected chi connectivity index (χ2v) is 8.40. The minimum Gasteiger partial charge on any atom is -0.474 e. The number of aryl methyl sites for hydroxylation is 2. The maximum absolute atomic E-state index is 13.3. The van der Waals surface area contributed by atoms with Gasteiger partial charge in [0.1, 0.15) is 28.4 Å². The van der Waals surface area contributed by atoms with Crippen LogP contribution in [0.1, 0.15) is 5.56 Å². The monoisotopic (exact) mass is 550 g/mol. The quantitative estimate of drug-likeness (QED) is 0.313. The number of nitrogens with zero attached hydrogens (tertiary/aromatic N) is 7. The molecular formula is C22H18ClF3N8O4. The largest absolute Gasteiger partial charge is 0.474 e. The standard InChI is InChI=1S/C22H18ClF3N8O4/c1-32-9-11(22(24,25)26)5-12(20(32)36)30-21-31-19-18(33(21)2)17(23)15(7-28-19)38-14-8-29-34-10-16(37-4-3-35)27-6-13(14)34/h5-10,35H,3-4H2,1-2H3,(H,28,30,31). The maximum Gasteiger partial charge on any atom is 0.417 e. The van der Waals surface area contributed by atoms with Gasteiger partial charge >= 0.3 is 6.18 Å². The number of pyridine rings is 2. The molecule has 5 aromatic heterocycles. The third kappa shape index (κ3) is 4.56. The molecule has 5 rings (SSSR count). The zero-order valence-electron chi connectivity index (χ0n) is 19.7. The van der Waals surface area contributed by atoms with Gasteiger partial charge in [-0.3, -0.25) is 4.79 Å². The highest BCUT2D eigenvalue weighted by molar-refractivity contribution is 6.36. The molecular weight excluding hydrogens is 533 g/mol. The van der Waals surface area contributed by atoms with Gasteiger partial charge in [0.25, 0.3) is 5.56 Å². The molecule has 0 spiro atoms. The van der Waals surface area contributed by atoms with E-state index < -0.39 is 17.3 Å². The van der Waals surface area contributed by atoms with Gasteiger partial charge in [0.2, 0.25) is 11.8 Å². The van der Waals surface area contributed by atoms with Crippen molar-refractivity contribution in [2.24, 2.45) is 14.1 Å². The third-order valence-electron chi connectivity index (χ3n) is 5.47. The summed E-state index contributed by atoms with van der Waals surface area (Å²) in [7, 11) is 2.78. The molecule has 0 saturated carbocycles. The molecule has 16 heteroatoms. The maximum atomic E-state index is 13.3. The summed E-state index contributed by atoms with van der Waals surface area (Å²) in [5.41, 5.74) is -1.03. The molecule has 0 aliphatic rings. The molecule has 0 aliphatic heterocycles. The molecule has 0 unspecified atom stereocenters. The van der Waals surface area contributed by atoms with Crippen LogP contribution in [0.4, 0.5) is 24.8 Å². The van der Waals surface area contributed by atoms with Crippen LogP contribution < -0.4 is 20.3 Å².